The van der Waals surface area contributed by atoms with Gasteiger partial charge in [-0.3, -0.25) is 4.79 Å². The van der Waals surface area contributed by atoms with Crippen LogP contribution in [-0.4, -0.2) is 16.7 Å². The summed E-state index contributed by atoms with van der Waals surface area (Å²) in [6.45, 7) is 1.84. The fourth-order valence-electron chi connectivity index (χ4n) is 1.30. The fourth-order valence-corrected chi connectivity index (χ4v) is 2.56. The van der Waals surface area contributed by atoms with Gasteiger partial charge in [-0.1, -0.05) is 11.3 Å². The molecule has 2 aromatic rings. The van der Waals surface area contributed by atoms with Crippen molar-refractivity contribution < 1.29 is 9.21 Å². The van der Waals surface area contributed by atoms with E-state index in [9.17, 15) is 4.79 Å². The third-order valence-corrected chi connectivity index (χ3v) is 4.06. The van der Waals surface area contributed by atoms with Crippen LogP contribution in [0.1, 0.15) is 21.1 Å². The molecule has 0 bridgehead atoms. The monoisotopic (exact) mass is 281 g/mol. The summed E-state index contributed by atoms with van der Waals surface area (Å²) >= 11 is 6.37. The lowest BCUT2D eigenvalue weighted by Crippen LogP contribution is -2.17. The zero-order valence-corrected chi connectivity index (χ0v) is 11.5. The Hall–Kier alpha value is -1.73. The number of amides is 1. The molecule has 0 saturated heterocycles. The second-order valence-corrected chi connectivity index (χ2v) is 5.20. The van der Waals surface area contributed by atoms with Crippen LogP contribution >= 0.6 is 23.6 Å². The molecule has 0 atom stereocenters. The van der Waals surface area contributed by atoms with E-state index in [2.05, 4.69) is 10.5 Å². The molecule has 0 spiro atoms. The smallest absolute Gasteiger partial charge is 0.283 e. The van der Waals surface area contributed by atoms with Crippen molar-refractivity contribution >= 4 is 35.7 Å². The molecular formula is C11H11N3O2S2. The molecule has 0 unspecified atom stereocenters. The van der Waals surface area contributed by atoms with Crippen molar-refractivity contribution in [1.29, 1.82) is 0 Å². The summed E-state index contributed by atoms with van der Waals surface area (Å²) in [6, 6.07) is 3.49. The second kappa shape index (κ2) is 5.28. The van der Waals surface area contributed by atoms with Crippen LogP contribution in [-0.2, 0) is 7.05 Å². The van der Waals surface area contributed by atoms with E-state index >= 15 is 0 Å². The van der Waals surface area contributed by atoms with Gasteiger partial charge in [0.2, 0.25) is 0 Å². The molecule has 0 aliphatic carbocycles. The quantitative estimate of drug-likeness (QED) is 0.534. The van der Waals surface area contributed by atoms with Gasteiger partial charge in [0.15, 0.2) is 3.95 Å². The number of nitrogens with one attached hydrogen (secondary N) is 1. The van der Waals surface area contributed by atoms with E-state index in [1.54, 1.807) is 16.7 Å². The van der Waals surface area contributed by atoms with Crippen LogP contribution in [0.2, 0.25) is 0 Å². The molecule has 2 aromatic heterocycles. The first-order valence-electron chi connectivity index (χ1n) is 5.13. The van der Waals surface area contributed by atoms with Crippen molar-refractivity contribution in [2.75, 3.05) is 0 Å². The van der Waals surface area contributed by atoms with E-state index < -0.39 is 0 Å². The van der Waals surface area contributed by atoms with Crippen LogP contribution < -0.4 is 5.43 Å². The molecule has 1 N–H and O–H groups in total. The normalized spacial score (nSPS) is 11.0. The van der Waals surface area contributed by atoms with Gasteiger partial charge in [0.25, 0.3) is 5.91 Å². The summed E-state index contributed by atoms with van der Waals surface area (Å²) in [5, 5.41) is 3.82. The molecule has 0 radical (unpaired) electrons. The fraction of sp³-hybridized carbons (Fsp3) is 0.182. The number of furan rings is 1. The van der Waals surface area contributed by atoms with E-state index in [0.29, 0.717) is 14.6 Å². The van der Waals surface area contributed by atoms with Crippen LogP contribution in [0.15, 0.2) is 27.9 Å². The SMILES string of the molecule is Cc1c(C(=O)NN=Cc2ccco2)sc(=S)n1C. The van der Waals surface area contributed by atoms with Gasteiger partial charge in [0, 0.05) is 12.7 Å². The number of hydrogen-bond donors (Lipinski definition) is 1. The minimum atomic E-state index is -0.271. The number of carbonyl (C=O) groups is 1. The molecule has 7 heteroatoms. The summed E-state index contributed by atoms with van der Waals surface area (Å²) in [7, 11) is 1.83. The Balaban J connectivity index is 2.08. The highest BCUT2D eigenvalue weighted by Gasteiger charge is 2.13. The number of carbonyl (C=O) groups excluding carboxylic acids is 1. The van der Waals surface area contributed by atoms with Gasteiger partial charge < -0.3 is 8.98 Å². The summed E-state index contributed by atoms with van der Waals surface area (Å²) < 4.78 is 7.51. The minimum Gasteiger partial charge on any atom is -0.463 e. The lowest BCUT2D eigenvalue weighted by atomic mass is 10.4. The maximum absolute atomic E-state index is 11.9. The van der Waals surface area contributed by atoms with E-state index in [-0.39, 0.29) is 5.91 Å². The molecule has 1 amide bonds. The Kier molecular flexibility index (Phi) is 3.73. The molecule has 0 fully saturated rings. The Bertz CT molecular complexity index is 638. The largest absolute Gasteiger partial charge is 0.463 e. The molecule has 94 valence electrons. The standard InChI is InChI=1S/C11H11N3O2S2/c1-7-9(18-11(17)14(7)2)10(15)13-12-6-8-4-3-5-16-8/h3-6H,1-2H3,(H,13,15). The predicted octanol–water partition coefficient (Wildman–Crippen LogP) is 2.48. The van der Waals surface area contributed by atoms with Crippen molar-refractivity contribution in [2.45, 2.75) is 6.92 Å². The van der Waals surface area contributed by atoms with Crippen LogP contribution in [0, 0.1) is 10.9 Å². The number of aromatic nitrogens is 1. The van der Waals surface area contributed by atoms with Gasteiger partial charge in [0.05, 0.1) is 12.5 Å². The lowest BCUT2D eigenvalue weighted by molar-refractivity contribution is 0.0958. The van der Waals surface area contributed by atoms with Gasteiger partial charge in [-0.2, -0.15) is 5.10 Å². The topological polar surface area (TPSA) is 59.5 Å². The zero-order valence-electron chi connectivity index (χ0n) is 9.84. The van der Waals surface area contributed by atoms with Gasteiger partial charge in [0.1, 0.15) is 10.6 Å². The number of thiazole rings is 1. The second-order valence-electron chi connectivity index (χ2n) is 3.56. The molecule has 0 aliphatic heterocycles. The molecule has 5 nitrogen and oxygen atoms in total. The molecule has 2 rings (SSSR count). The molecule has 2 heterocycles. The first-order valence-corrected chi connectivity index (χ1v) is 6.35. The van der Waals surface area contributed by atoms with Crippen LogP contribution in [0.5, 0.6) is 0 Å². The summed E-state index contributed by atoms with van der Waals surface area (Å²) in [4.78, 5) is 12.4. The zero-order chi connectivity index (χ0) is 13.1. The Morgan fingerprint density at radius 1 is 1.67 bits per heavy atom. The summed E-state index contributed by atoms with van der Waals surface area (Å²) in [6.07, 6.45) is 2.98. The first-order chi connectivity index (χ1) is 8.59. The van der Waals surface area contributed by atoms with Crippen molar-refractivity contribution in [2.24, 2.45) is 12.1 Å². The highest BCUT2D eigenvalue weighted by molar-refractivity contribution is 7.73. The van der Waals surface area contributed by atoms with Gasteiger partial charge in [-0.15, -0.1) is 0 Å². The number of nitrogens with zero attached hydrogens (tertiary/aromatic N) is 2. The van der Waals surface area contributed by atoms with E-state index in [0.717, 1.165) is 5.69 Å². The highest BCUT2D eigenvalue weighted by Crippen LogP contribution is 2.17. The van der Waals surface area contributed by atoms with Crippen molar-refractivity contribution in [3.05, 3.63) is 38.7 Å². The molecule has 0 aromatic carbocycles. The van der Waals surface area contributed by atoms with Gasteiger partial charge >= 0.3 is 0 Å². The van der Waals surface area contributed by atoms with Crippen molar-refractivity contribution in [1.82, 2.24) is 9.99 Å². The van der Waals surface area contributed by atoms with Crippen LogP contribution in [0.3, 0.4) is 0 Å². The Morgan fingerprint density at radius 2 is 2.44 bits per heavy atom. The average Bonchev–Trinajstić information content (AvgIpc) is 2.94. The van der Waals surface area contributed by atoms with Crippen molar-refractivity contribution in [3.63, 3.8) is 0 Å². The average molecular weight is 281 g/mol. The summed E-state index contributed by atoms with van der Waals surface area (Å²) in [5.74, 6) is 0.305. The highest BCUT2D eigenvalue weighted by atomic mass is 32.1. The van der Waals surface area contributed by atoms with E-state index in [1.807, 2.05) is 14.0 Å². The molecule has 0 saturated carbocycles. The molecule has 0 aliphatic rings. The Labute approximate surface area is 113 Å². The van der Waals surface area contributed by atoms with Crippen LogP contribution in [0.4, 0.5) is 0 Å². The van der Waals surface area contributed by atoms with Crippen LogP contribution in [0.25, 0.3) is 0 Å². The van der Waals surface area contributed by atoms with E-state index in [1.165, 1.54) is 23.8 Å². The lowest BCUT2D eigenvalue weighted by Gasteiger charge is -1.98. The van der Waals surface area contributed by atoms with Crippen molar-refractivity contribution in [3.8, 4) is 0 Å². The third kappa shape index (κ3) is 2.57. The molecule has 18 heavy (non-hydrogen) atoms. The summed E-state index contributed by atoms with van der Waals surface area (Å²) in [5.41, 5.74) is 3.27. The number of hydrogen-bond acceptors (Lipinski definition) is 5. The molecular weight excluding hydrogens is 270 g/mol. The minimum absolute atomic E-state index is 0.271. The maximum atomic E-state index is 11.9. The maximum Gasteiger partial charge on any atom is 0.283 e. The Morgan fingerprint density at radius 3 is 3.00 bits per heavy atom. The third-order valence-electron chi connectivity index (χ3n) is 2.40. The van der Waals surface area contributed by atoms with E-state index in [4.69, 9.17) is 16.6 Å². The number of rotatable bonds is 3. The predicted molar refractivity (Wildman–Crippen MR) is 72.6 cm³/mol. The first kappa shape index (κ1) is 12.7. The van der Waals surface area contributed by atoms with Gasteiger partial charge in [-0.05, 0) is 31.3 Å². The number of hydrazone groups is 1. The van der Waals surface area contributed by atoms with Gasteiger partial charge in [-0.25, -0.2) is 5.43 Å².